The molecule has 3 aromatic rings. The Morgan fingerprint density at radius 1 is 1.07 bits per heavy atom. The first-order valence-electron chi connectivity index (χ1n) is 10.6. The molecule has 0 amide bonds. The molecule has 0 saturated carbocycles. The number of methoxy groups -OCH3 is 1. The minimum atomic E-state index is -0.422. The van der Waals surface area contributed by atoms with Crippen molar-refractivity contribution in [2.75, 3.05) is 36.1 Å². The lowest BCUT2D eigenvalue weighted by molar-refractivity contribution is 0.415. The Morgan fingerprint density at radius 2 is 1.77 bits per heavy atom. The van der Waals surface area contributed by atoms with Gasteiger partial charge in [0, 0.05) is 36.8 Å². The number of hydrogen-bond donors (Lipinski definition) is 3. The van der Waals surface area contributed by atoms with Gasteiger partial charge >= 0.3 is 0 Å². The number of unbranched alkanes of at least 4 members (excludes halogenated alkanes) is 1. The number of nitrogens with zero attached hydrogens (tertiary/aromatic N) is 1. The highest BCUT2D eigenvalue weighted by Gasteiger charge is 2.19. The fourth-order valence-corrected chi connectivity index (χ4v) is 3.47. The van der Waals surface area contributed by atoms with Crippen molar-refractivity contribution in [1.82, 2.24) is 4.98 Å². The van der Waals surface area contributed by atoms with E-state index in [2.05, 4.69) is 34.8 Å². The summed E-state index contributed by atoms with van der Waals surface area (Å²) in [4.78, 5) is 28.0. The van der Waals surface area contributed by atoms with E-state index in [0.29, 0.717) is 24.5 Å². The first-order chi connectivity index (χ1) is 14.5. The molecule has 30 heavy (non-hydrogen) atoms. The third-order valence-corrected chi connectivity index (χ3v) is 5.17. The summed E-state index contributed by atoms with van der Waals surface area (Å²) in [5.41, 5.74) is 1.88. The van der Waals surface area contributed by atoms with E-state index in [1.54, 1.807) is 13.3 Å². The number of pyridine rings is 1. The van der Waals surface area contributed by atoms with Crippen LogP contribution in [0.2, 0.25) is 0 Å². The second kappa shape index (κ2) is 10.1. The lowest BCUT2D eigenvalue weighted by Crippen LogP contribution is -2.37. The normalized spacial score (nSPS) is 12.1. The standard InChI is InChI=1S/C23H30N4O3/c1-4-5-10-25-20-21(23(29)22(20)28)26-11-6-8-15(2)27-18-14-17(30-3)13-16-9-7-12-24-19(16)18/h7,9,12-15,25-27H,4-6,8,10-11H2,1-3H3. The van der Waals surface area contributed by atoms with Crippen molar-refractivity contribution < 1.29 is 4.74 Å². The fourth-order valence-electron chi connectivity index (χ4n) is 3.47. The second-order valence-electron chi connectivity index (χ2n) is 7.55. The molecule has 3 rings (SSSR count). The van der Waals surface area contributed by atoms with Crippen LogP contribution < -0.4 is 31.5 Å². The van der Waals surface area contributed by atoms with Crippen molar-refractivity contribution in [3.8, 4) is 5.75 Å². The summed E-state index contributed by atoms with van der Waals surface area (Å²) >= 11 is 0. The zero-order valence-corrected chi connectivity index (χ0v) is 17.9. The number of fused-ring (bicyclic) bond motifs is 1. The van der Waals surface area contributed by atoms with E-state index in [9.17, 15) is 9.59 Å². The molecule has 0 saturated heterocycles. The van der Waals surface area contributed by atoms with E-state index >= 15 is 0 Å². The minimum absolute atomic E-state index is 0.207. The molecule has 7 heteroatoms. The minimum Gasteiger partial charge on any atom is -0.497 e. The quantitative estimate of drug-likeness (QED) is 0.309. The molecule has 0 aliphatic carbocycles. The van der Waals surface area contributed by atoms with Crippen molar-refractivity contribution in [2.45, 2.75) is 45.6 Å². The van der Waals surface area contributed by atoms with Gasteiger partial charge in [-0.05, 0) is 38.3 Å². The van der Waals surface area contributed by atoms with E-state index in [1.165, 1.54) is 0 Å². The van der Waals surface area contributed by atoms with Gasteiger partial charge in [0.25, 0.3) is 10.9 Å². The van der Waals surface area contributed by atoms with Gasteiger partial charge in [-0.15, -0.1) is 0 Å². The van der Waals surface area contributed by atoms with Crippen LogP contribution in [-0.2, 0) is 0 Å². The Labute approximate surface area is 176 Å². The third-order valence-electron chi connectivity index (χ3n) is 5.17. The SMILES string of the molecule is CCCCNc1c(NCCCC(C)Nc2cc(OC)cc3cccnc23)c(=O)c1=O. The van der Waals surface area contributed by atoms with Gasteiger partial charge in [-0.1, -0.05) is 19.4 Å². The maximum atomic E-state index is 11.8. The molecule has 0 spiro atoms. The van der Waals surface area contributed by atoms with Crippen LogP contribution in [-0.4, -0.2) is 31.2 Å². The largest absolute Gasteiger partial charge is 0.497 e. The molecular formula is C23H30N4O3. The summed E-state index contributed by atoms with van der Waals surface area (Å²) in [6.07, 6.45) is 5.54. The molecule has 1 unspecified atom stereocenters. The van der Waals surface area contributed by atoms with E-state index in [1.807, 2.05) is 24.3 Å². The van der Waals surface area contributed by atoms with Crippen LogP contribution in [0.1, 0.15) is 39.5 Å². The summed E-state index contributed by atoms with van der Waals surface area (Å²) in [6.45, 7) is 5.54. The highest BCUT2D eigenvalue weighted by atomic mass is 16.5. The monoisotopic (exact) mass is 410 g/mol. The molecule has 0 bridgehead atoms. The summed E-state index contributed by atoms with van der Waals surface area (Å²) in [5, 5.41) is 10.7. The van der Waals surface area contributed by atoms with E-state index in [4.69, 9.17) is 4.74 Å². The Balaban J connectivity index is 1.52. The number of rotatable bonds is 12. The molecule has 0 aliphatic heterocycles. The zero-order valence-electron chi connectivity index (χ0n) is 17.9. The second-order valence-corrected chi connectivity index (χ2v) is 7.55. The maximum Gasteiger partial charge on any atom is 0.253 e. The van der Waals surface area contributed by atoms with E-state index in [0.717, 1.165) is 48.0 Å². The highest BCUT2D eigenvalue weighted by Crippen LogP contribution is 2.28. The molecule has 0 radical (unpaired) electrons. The number of ether oxygens (including phenoxy) is 1. The predicted molar refractivity (Wildman–Crippen MR) is 124 cm³/mol. The molecule has 0 fully saturated rings. The lowest BCUT2D eigenvalue weighted by Gasteiger charge is -2.18. The third kappa shape index (κ3) is 4.90. The lowest BCUT2D eigenvalue weighted by atomic mass is 10.1. The molecular weight excluding hydrogens is 380 g/mol. The molecule has 1 aromatic heterocycles. The van der Waals surface area contributed by atoms with Crippen molar-refractivity contribution >= 4 is 28.0 Å². The van der Waals surface area contributed by atoms with Gasteiger partial charge in [0.05, 0.1) is 18.3 Å². The average Bonchev–Trinajstić information content (AvgIpc) is 2.77. The van der Waals surface area contributed by atoms with E-state index < -0.39 is 10.9 Å². The van der Waals surface area contributed by atoms with Crippen LogP contribution in [0.4, 0.5) is 17.1 Å². The Hall–Kier alpha value is -3.09. The van der Waals surface area contributed by atoms with Crippen molar-refractivity contribution in [3.63, 3.8) is 0 Å². The molecule has 1 atom stereocenters. The molecule has 160 valence electrons. The molecule has 2 aromatic carbocycles. The van der Waals surface area contributed by atoms with Gasteiger partial charge in [-0.25, -0.2) is 0 Å². The van der Waals surface area contributed by atoms with Gasteiger partial charge in [0.15, 0.2) is 0 Å². The van der Waals surface area contributed by atoms with Crippen molar-refractivity contribution in [1.29, 1.82) is 0 Å². The number of nitrogens with one attached hydrogen (secondary N) is 3. The average molecular weight is 411 g/mol. The smallest absolute Gasteiger partial charge is 0.253 e. The molecule has 0 aliphatic rings. The Morgan fingerprint density at radius 3 is 2.43 bits per heavy atom. The molecule has 1 heterocycles. The Bertz CT molecular complexity index is 1060. The number of anilines is 3. The highest BCUT2D eigenvalue weighted by molar-refractivity contribution is 5.91. The van der Waals surface area contributed by atoms with Gasteiger partial charge < -0.3 is 20.7 Å². The van der Waals surface area contributed by atoms with Gasteiger partial charge in [-0.2, -0.15) is 0 Å². The number of benzene rings is 1. The number of hydrogen-bond acceptors (Lipinski definition) is 7. The van der Waals surface area contributed by atoms with Crippen LogP contribution in [0.3, 0.4) is 0 Å². The predicted octanol–water partition coefficient (Wildman–Crippen LogP) is 3.74. The first kappa shape index (κ1) is 21.6. The van der Waals surface area contributed by atoms with Crippen LogP contribution in [0.15, 0.2) is 40.1 Å². The summed E-state index contributed by atoms with van der Waals surface area (Å²) in [6, 6.07) is 8.06. The fraction of sp³-hybridized carbons (Fsp3) is 0.435. The zero-order chi connectivity index (χ0) is 21.5. The summed E-state index contributed by atoms with van der Waals surface area (Å²) in [5.74, 6) is 0.787. The topological polar surface area (TPSA) is 92.3 Å². The van der Waals surface area contributed by atoms with Gasteiger partial charge in [0.2, 0.25) is 0 Å². The van der Waals surface area contributed by atoms with Crippen LogP contribution in [0.25, 0.3) is 10.9 Å². The van der Waals surface area contributed by atoms with Crippen molar-refractivity contribution in [3.05, 3.63) is 50.9 Å². The van der Waals surface area contributed by atoms with Crippen LogP contribution in [0, 0.1) is 0 Å². The maximum absolute atomic E-state index is 11.8. The van der Waals surface area contributed by atoms with Gasteiger partial charge in [0.1, 0.15) is 17.1 Å². The summed E-state index contributed by atoms with van der Waals surface area (Å²) in [7, 11) is 1.66. The van der Waals surface area contributed by atoms with Crippen LogP contribution in [0.5, 0.6) is 5.75 Å². The summed E-state index contributed by atoms with van der Waals surface area (Å²) < 4.78 is 5.40. The molecule has 7 nitrogen and oxygen atoms in total. The molecule has 3 N–H and O–H groups in total. The number of aromatic nitrogens is 1. The van der Waals surface area contributed by atoms with Gasteiger partial charge in [-0.3, -0.25) is 14.6 Å². The first-order valence-corrected chi connectivity index (χ1v) is 10.6. The Kier molecular flexibility index (Phi) is 7.27. The van der Waals surface area contributed by atoms with Crippen molar-refractivity contribution in [2.24, 2.45) is 0 Å². The van der Waals surface area contributed by atoms with E-state index in [-0.39, 0.29) is 6.04 Å². The van der Waals surface area contributed by atoms with Crippen LogP contribution >= 0.6 is 0 Å².